The van der Waals surface area contributed by atoms with Gasteiger partial charge in [-0.1, -0.05) is 33.0 Å². The Kier molecular flexibility index (Phi) is 4.65. The van der Waals surface area contributed by atoms with Gasteiger partial charge in [0.15, 0.2) is 0 Å². The van der Waals surface area contributed by atoms with Gasteiger partial charge in [-0.2, -0.15) is 0 Å². The molecule has 1 heterocycles. The van der Waals surface area contributed by atoms with Crippen LogP contribution in [0.5, 0.6) is 0 Å². The number of thiocarbonyl (C=S) groups is 1. The van der Waals surface area contributed by atoms with E-state index in [1.807, 2.05) is 27.7 Å². The van der Waals surface area contributed by atoms with E-state index in [2.05, 4.69) is 9.71 Å². The Bertz CT molecular complexity index is 577. The molecule has 1 atom stereocenters. The van der Waals surface area contributed by atoms with Crippen LogP contribution in [-0.2, 0) is 10.0 Å². The Labute approximate surface area is 119 Å². The maximum atomic E-state index is 12.3. The molecule has 0 aliphatic carbocycles. The van der Waals surface area contributed by atoms with Crippen molar-refractivity contribution in [3.63, 3.8) is 0 Å². The van der Waals surface area contributed by atoms with Crippen LogP contribution in [0.25, 0.3) is 0 Å². The van der Waals surface area contributed by atoms with Crippen molar-refractivity contribution in [3.05, 3.63) is 24.0 Å². The third-order valence-electron chi connectivity index (χ3n) is 2.92. The average Bonchev–Trinajstić information content (AvgIpc) is 2.27. The van der Waals surface area contributed by atoms with Gasteiger partial charge in [0.1, 0.15) is 15.6 Å². The van der Waals surface area contributed by atoms with Gasteiger partial charge in [0.25, 0.3) is 0 Å². The highest BCUT2D eigenvalue weighted by Gasteiger charge is 2.28. The Morgan fingerprint density at radius 1 is 1.47 bits per heavy atom. The maximum Gasteiger partial charge on any atom is 0.243 e. The Morgan fingerprint density at radius 2 is 2.05 bits per heavy atom. The predicted octanol–water partition coefficient (Wildman–Crippen LogP) is 1.43. The lowest BCUT2D eigenvalue weighted by atomic mass is 9.89. The van der Waals surface area contributed by atoms with Crippen LogP contribution < -0.4 is 10.5 Å². The Morgan fingerprint density at radius 3 is 2.53 bits per heavy atom. The van der Waals surface area contributed by atoms with E-state index in [4.69, 9.17) is 18.0 Å². The van der Waals surface area contributed by atoms with Crippen molar-refractivity contribution < 1.29 is 8.42 Å². The largest absolute Gasteiger partial charge is 0.388 e. The second-order valence-electron chi connectivity index (χ2n) is 5.42. The van der Waals surface area contributed by atoms with Gasteiger partial charge in [-0.25, -0.2) is 13.1 Å². The minimum absolute atomic E-state index is 0.0126. The van der Waals surface area contributed by atoms with Crippen LogP contribution >= 0.6 is 12.2 Å². The summed E-state index contributed by atoms with van der Waals surface area (Å²) in [5.74, 6) is 0. The quantitative estimate of drug-likeness (QED) is 0.822. The summed E-state index contributed by atoms with van der Waals surface area (Å²) in [6.07, 6.45) is 1.46. The SMILES string of the molecule is CC(NS(=O)(=O)c1cccnc1C(N)=S)C(C)(C)C. The number of nitrogens with two attached hydrogens (primary N) is 1. The zero-order valence-electron chi connectivity index (χ0n) is 11.5. The second kappa shape index (κ2) is 5.52. The molecule has 1 aromatic rings. The fraction of sp³-hybridized carbons (Fsp3) is 0.500. The molecule has 0 saturated carbocycles. The monoisotopic (exact) mass is 301 g/mol. The summed E-state index contributed by atoms with van der Waals surface area (Å²) < 4.78 is 27.3. The van der Waals surface area contributed by atoms with E-state index in [-0.39, 0.29) is 27.0 Å². The van der Waals surface area contributed by atoms with Crippen LogP contribution in [0, 0.1) is 5.41 Å². The molecule has 0 radical (unpaired) electrons. The van der Waals surface area contributed by atoms with Crippen molar-refractivity contribution in [2.45, 2.75) is 38.6 Å². The van der Waals surface area contributed by atoms with Gasteiger partial charge in [0.2, 0.25) is 10.0 Å². The van der Waals surface area contributed by atoms with E-state index < -0.39 is 10.0 Å². The summed E-state index contributed by atoms with van der Waals surface area (Å²) in [6, 6.07) is 2.74. The van der Waals surface area contributed by atoms with Gasteiger partial charge in [-0.3, -0.25) is 4.98 Å². The third-order valence-corrected chi connectivity index (χ3v) is 4.69. The van der Waals surface area contributed by atoms with Gasteiger partial charge in [0.05, 0.1) is 0 Å². The number of pyridine rings is 1. The molecule has 19 heavy (non-hydrogen) atoms. The minimum atomic E-state index is -3.70. The first-order chi connectivity index (χ1) is 8.55. The molecule has 106 valence electrons. The zero-order chi connectivity index (χ0) is 14.8. The van der Waals surface area contributed by atoms with Crippen molar-refractivity contribution in [1.29, 1.82) is 0 Å². The van der Waals surface area contributed by atoms with E-state index in [1.54, 1.807) is 0 Å². The van der Waals surface area contributed by atoms with Gasteiger partial charge >= 0.3 is 0 Å². The summed E-state index contributed by atoms with van der Waals surface area (Å²) in [5.41, 5.74) is 5.43. The van der Waals surface area contributed by atoms with Crippen molar-refractivity contribution in [2.24, 2.45) is 11.1 Å². The van der Waals surface area contributed by atoms with E-state index >= 15 is 0 Å². The first-order valence-electron chi connectivity index (χ1n) is 5.83. The highest BCUT2D eigenvalue weighted by molar-refractivity contribution is 7.89. The lowest BCUT2D eigenvalue weighted by Crippen LogP contribution is -2.41. The summed E-state index contributed by atoms with van der Waals surface area (Å²) in [5, 5.41) is 0. The maximum absolute atomic E-state index is 12.3. The molecule has 0 aliphatic heterocycles. The van der Waals surface area contributed by atoms with Crippen LogP contribution in [-0.4, -0.2) is 24.4 Å². The molecular formula is C12H19N3O2S2. The summed E-state index contributed by atoms with van der Waals surface area (Å²) in [7, 11) is -3.70. The van der Waals surface area contributed by atoms with E-state index in [0.717, 1.165) is 0 Å². The average molecular weight is 301 g/mol. The third kappa shape index (κ3) is 3.95. The molecule has 0 aromatic carbocycles. The van der Waals surface area contributed by atoms with E-state index in [9.17, 15) is 8.42 Å². The van der Waals surface area contributed by atoms with Crippen LogP contribution in [0.15, 0.2) is 23.2 Å². The molecule has 0 saturated heterocycles. The smallest absolute Gasteiger partial charge is 0.243 e. The van der Waals surface area contributed by atoms with E-state index in [0.29, 0.717) is 0 Å². The molecule has 0 bridgehead atoms. The number of sulfonamides is 1. The molecule has 0 amide bonds. The summed E-state index contributed by atoms with van der Waals surface area (Å²) >= 11 is 4.83. The molecule has 0 aliphatic rings. The topological polar surface area (TPSA) is 85.1 Å². The zero-order valence-corrected chi connectivity index (χ0v) is 13.1. The molecule has 1 rings (SSSR count). The highest BCUT2D eigenvalue weighted by Crippen LogP contribution is 2.21. The summed E-state index contributed by atoms with van der Waals surface area (Å²) in [4.78, 5) is 3.90. The van der Waals surface area contributed by atoms with Crippen LogP contribution in [0.2, 0.25) is 0 Å². The lowest BCUT2D eigenvalue weighted by molar-refractivity contribution is 0.317. The molecule has 0 spiro atoms. The number of aromatic nitrogens is 1. The van der Waals surface area contributed by atoms with Gasteiger partial charge in [0, 0.05) is 12.2 Å². The normalized spacial score (nSPS) is 14.1. The fourth-order valence-corrected chi connectivity index (χ4v) is 3.11. The highest BCUT2D eigenvalue weighted by atomic mass is 32.2. The number of nitrogens with zero attached hydrogens (tertiary/aromatic N) is 1. The molecule has 7 heteroatoms. The number of hydrogen-bond donors (Lipinski definition) is 2. The Balaban J connectivity index is 3.19. The lowest BCUT2D eigenvalue weighted by Gasteiger charge is -2.28. The summed E-state index contributed by atoms with van der Waals surface area (Å²) in [6.45, 7) is 7.68. The van der Waals surface area contributed by atoms with Crippen molar-refractivity contribution in [1.82, 2.24) is 9.71 Å². The molecule has 3 N–H and O–H groups in total. The van der Waals surface area contributed by atoms with Crippen molar-refractivity contribution in [2.75, 3.05) is 0 Å². The van der Waals surface area contributed by atoms with Gasteiger partial charge in [-0.05, 0) is 24.5 Å². The molecule has 1 unspecified atom stereocenters. The predicted molar refractivity (Wildman–Crippen MR) is 79.4 cm³/mol. The fourth-order valence-electron chi connectivity index (χ4n) is 1.27. The number of rotatable bonds is 4. The van der Waals surface area contributed by atoms with Crippen LogP contribution in [0.3, 0.4) is 0 Å². The van der Waals surface area contributed by atoms with Crippen LogP contribution in [0.1, 0.15) is 33.4 Å². The van der Waals surface area contributed by atoms with Crippen LogP contribution in [0.4, 0.5) is 0 Å². The molecule has 5 nitrogen and oxygen atoms in total. The molecule has 1 aromatic heterocycles. The van der Waals surface area contributed by atoms with Gasteiger partial charge in [-0.15, -0.1) is 0 Å². The van der Waals surface area contributed by atoms with Crippen molar-refractivity contribution in [3.8, 4) is 0 Å². The Hall–Kier alpha value is -1.05. The second-order valence-corrected chi connectivity index (χ2v) is 7.55. The first-order valence-corrected chi connectivity index (χ1v) is 7.72. The standard InChI is InChI=1S/C12H19N3O2S2/c1-8(12(2,3)4)15-19(16,17)9-6-5-7-14-10(9)11(13)18/h5-8,15H,1-4H3,(H2,13,18). The number of hydrogen-bond acceptors (Lipinski definition) is 4. The molecule has 0 fully saturated rings. The van der Waals surface area contributed by atoms with E-state index in [1.165, 1.54) is 18.3 Å². The van der Waals surface area contributed by atoms with Crippen molar-refractivity contribution >= 4 is 27.2 Å². The first kappa shape index (κ1) is 16.0. The minimum Gasteiger partial charge on any atom is -0.388 e. The molecular weight excluding hydrogens is 282 g/mol. The number of nitrogens with one attached hydrogen (secondary N) is 1. The van der Waals surface area contributed by atoms with Gasteiger partial charge < -0.3 is 5.73 Å².